The highest BCUT2D eigenvalue weighted by molar-refractivity contribution is 9.10. The molecule has 0 spiro atoms. The minimum absolute atomic E-state index is 0.0704. The Hall–Kier alpha value is -1.34. The first-order chi connectivity index (χ1) is 8.70. The maximum Gasteiger partial charge on any atom is 0.173 e. The highest BCUT2D eigenvalue weighted by Crippen LogP contribution is 2.26. The number of hydrogen-bond acceptors (Lipinski definition) is 3. The lowest BCUT2D eigenvalue weighted by Gasteiger charge is -2.10. The molecule has 18 heavy (non-hydrogen) atoms. The first-order valence-electron chi connectivity index (χ1n) is 6.06. The second kappa shape index (κ2) is 6.01. The summed E-state index contributed by atoms with van der Waals surface area (Å²) in [5.74, 6) is 0.789. The largest absolute Gasteiger partial charge is 0.484 e. The van der Waals surface area contributed by atoms with Crippen molar-refractivity contribution in [1.29, 1.82) is 5.26 Å². The Balaban J connectivity index is 1.97. The van der Waals surface area contributed by atoms with Gasteiger partial charge in [-0.25, -0.2) is 0 Å². The summed E-state index contributed by atoms with van der Waals surface area (Å²) in [5.41, 5.74) is 0.448. The molecule has 3 nitrogen and oxygen atoms in total. The first kappa shape index (κ1) is 13.1. The molecule has 94 valence electrons. The molecule has 1 aliphatic rings. The van der Waals surface area contributed by atoms with Crippen molar-refractivity contribution < 1.29 is 9.53 Å². The summed E-state index contributed by atoms with van der Waals surface area (Å²) >= 11 is 3.30. The normalized spacial score (nSPS) is 15.3. The van der Waals surface area contributed by atoms with E-state index in [4.69, 9.17) is 10.00 Å². The van der Waals surface area contributed by atoms with Gasteiger partial charge < -0.3 is 4.74 Å². The molecule has 0 heterocycles. The molecule has 1 aromatic carbocycles. The van der Waals surface area contributed by atoms with Gasteiger partial charge >= 0.3 is 0 Å². The highest BCUT2D eigenvalue weighted by atomic mass is 79.9. The number of benzene rings is 1. The molecule has 0 N–H and O–H groups in total. The molecule has 0 saturated heterocycles. The fraction of sp³-hybridized carbons (Fsp3) is 0.429. The number of carbonyl (C=O) groups is 1. The number of carbonyl (C=O) groups excluding carboxylic acids is 1. The standard InChI is InChI=1S/C14H14BrNO2/c15-12-5-6-14(11(7-12)8-16)18-9-13(17)10-3-1-2-4-10/h5-7,10H,1-4,9H2. The van der Waals surface area contributed by atoms with E-state index < -0.39 is 0 Å². The molecule has 1 fully saturated rings. The average Bonchev–Trinajstić information content (AvgIpc) is 2.90. The molecule has 0 aromatic heterocycles. The topological polar surface area (TPSA) is 50.1 Å². The monoisotopic (exact) mass is 307 g/mol. The van der Waals surface area contributed by atoms with Gasteiger partial charge in [0.1, 0.15) is 18.4 Å². The summed E-state index contributed by atoms with van der Waals surface area (Å²) in [5, 5.41) is 8.98. The van der Waals surface area contributed by atoms with Crippen LogP contribution >= 0.6 is 15.9 Å². The van der Waals surface area contributed by atoms with Crippen LogP contribution < -0.4 is 4.74 Å². The van der Waals surface area contributed by atoms with Gasteiger partial charge in [0.15, 0.2) is 5.78 Å². The van der Waals surface area contributed by atoms with Crippen molar-refractivity contribution in [1.82, 2.24) is 0 Å². The van der Waals surface area contributed by atoms with E-state index in [-0.39, 0.29) is 18.3 Å². The number of Topliss-reactive ketones (excluding diaryl/α,β-unsaturated/α-hetero) is 1. The van der Waals surface area contributed by atoms with E-state index in [9.17, 15) is 4.79 Å². The Morgan fingerprint density at radius 2 is 2.17 bits per heavy atom. The smallest absolute Gasteiger partial charge is 0.173 e. The van der Waals surface area contributed by atoms with Crippen molar-refractivity contribution in [2.24, 2.45) is 5.92 Å². The molecule has 2 rings (SSSR count). The van der Waals surface area contributed by atoms with Crippen LogP contribution in [0.25, 0.3) is 0 Å². The van der Waals surface area contributed by atoms with E-state index in [1.54, 1.807) is 18.2 Å². The fourth-order valence-electron chi connectivity index (χ4n) is 2.23. The second-order valence-corrected chi connectivity index (χ2v) is 5.40. The zero-order chi connectivity index (χ0) is 13.0. The van der Waals surface area contributed by atoms with Gasteiger partial charge in [0.2, 0.25) is 0 Å². The van der Waals surface area contributed by atoms with Gasteiger partial charge in [0, 0.05) is 10.4 Å². The molecule has 1 aliphatic carbocycles. The minimum atomic E-state index is 0.0704. The van der Waals surface area contributed by atoms with E-state index in [0.29, 0.717) is 11.3 Å². The van der Waals surface area contributed by atoms with Crippen LogP contribution in [0.3, 0.4) is 0 Å². The maximum absolute atomic E-state index is 11.9. The number of ketones is 1. The van der Waals surface area contributed by atoms with Crippen LogP contribution in [0.2, 0.25) is 0 Å². The number of nitrogens with zero attached hydrogens (tertiary/aromatic N) is 1. The van der Waals surface area contributed by atoms with Gasteiger partial charge in [0.25, 0.3) is 0 Å². The van der Waals surface area contributed by atoms with E-state index in [1.807, 2.05) is 0 Å². The number of rotatable bonds is 4. The van der Waals surface area contributed by atoms with Crippen molar-refractivity contribution in [2.45, 2.75) is 25.7 Å². The summed E-state index contributed by atoms with van der Waals surface area (Å²) in [6, 6.07) is 7.27. The van der Waals surface area contributed by atoms with Crippen molar-refractivity contribution in [3.05, 3.63) is 28.2 Å². The lowest BCUT2D eigenvalue weighted by molar-refractivity contribution is -0.124. The molecule has 0 bridgehead atoms. The first-order valence-corrected chi connectivity index (χ1v) is 6.85. The maximum atomic E-state index is 11.9. The Kier molecular flexibility index (Phi) is 4.38. The highest BCUT2D eigenvalue weighted by Gasteiger charge is 2.23. The van der Waals surface area contributed by atoms with Gasteiger partial charge in [-0.15, -0.1) is 0 Å². The third-order valence-electron chi connectivity index (χ3n) is 3.24. The molecule has 0 amide bonds. The van der Waals surface area contributed by atoms with Gasteiger partial charge in [-0.3, -0.25) is 4.79 Å². The van der Waals surface area contributed by atoms with Crippen LogP contribution in [0, 0.1) is 17.2 Å². The van der Waals surface area contributed by atoms with Crippen molar-refractivity contribution >= 4 is 21.7 Å². The van der Waals surface area contributed by atoms with E-state index in [1.165, 1.54) is 0 Å². The molecule has 1 aromatic rings. The van der Waals surface area contributed by atoms with E-state index in [0.717, 1.165) is 30.2 Å². The van der Waals surface area contributed by atoms with Crippen LogP contribution in [0.1, 0.15) is 31.2 Å². The molecule has 0 aliphatic heterocycles. The minimum Gasteiger partial charge on any atom is -0.484 e. The second-order valence-electron chi connectivity index (χ2n) is 4.49. The van der Waals surface area contributed by atoms with Gasteiger partial charge in [-0.1, -0.05) is 28.8 Å². The van der Waals surface area contributed by atoms with Crippen LogP contribution in [0.4, 0.5) is 0 Å². The predicted octanol–water partition coefficient (Wildman–Crippen LogP) is 3.46. The average molecular weight is 308 g/mol. The van der Waals surface area contributed by atoms with Crippen LogP contribution in [-0.2, 0) is 4.79 Å². The number of halogens is 1. The molecule has 4 heteroatoms. The lowest BCUT2D eigenvalue weighted by Crippen LogP contribution is -2.19. The molecular formula is C14H14BrNO2. The number of nitriles is 1. The molecule has 0 radical (unpaired) electrons. The van der Waals surface area contributed by atoms with Gasteiger partial charge in [-0.05, 0) is 31.0 Å². The quantitative estimate of drug-likeness (QED) is 0.856. The Bertz CT molecular complexity index is 487. The van der Waals surface area contributed by atoms with Crippen LogP contribution in [0.15, 0.2) is 22.7 Å². The van der Waals surface area contributed by atoms with Gasteiger partial charge in [0.05, 0.1) is 5.56 Å². The molecule has 0 unspecified atom stereocenters. The predicted molar refractivity (Wildman–Crippen MR) is 71.3 cm³/mol. The number of ether oxygens (including phenoxy) is 1. The SMILES string of the molecule is N#Cc1cc(Br)ccc1OCC(=O)C1CCCC1. The fourth-order valence-corrected chi connectivity index (χ4v) is 2.59. The number of hydrogen-bond donors (Lipinski definition) is 0. The third-order valence-corrected chi connectivity index (χ3v) is 3.74. The van der Waals surface area contributed by atoms with E-state index in [2.05, 4.69) is 22.0 Å². The summed E-state index contributed by atoms with van der Waals surface area (Å²) in [7, 11) is 0. The lowest BCUT2D eigenvalue weighted by atomic mass is 10.0. The Morgan fingerprint density at radius 1 is 1.44 bits per heavy atom. The Morgan fingerprint density at radius 3 is 2.83 bits per heavy atom. The summed E-state index contributed by atoms with van der Waals surface area (Å²) in [4.78, 5) is 11.9. The Labute approximate surface area is 115 Å². The molecular weight excluding hydrogens is 294 g/mol. The molecule has 0 atom stereocenters. The summed E-state index contributed by atoms with van der Waals surface area (Å²) in [6.45, 7) is 0.0704. The summed E-state index contributed by atoms with van der Waals surface area (Å²) < 4.78 is 6.29. The zero-order valence-electron chi connectivity index (χ0n) is 9.99. The van der Waals surface area contributed by atoms with Crippen LogP contribution in [0.5, 0.6) is 5.75 Å². The van der Waals surface area contributed by atoms with E-state index >= 15 is 0 Å². The van der Waals surface area contributed by atoms with Crippen LogP contribution in [-0.4, -0.2) is 12.4 Å². The zero-order valence-corrected chi connectivity index (χ0v) is 11.6. The van der Waals surface area contributed by atoms with Crippen molar-refractivity contribution in [3.63, 3.8) is 0 Å². The third kappa shape index (κ3) is 3.11. The van der Waals surface area contributed by atoms with Crippen molar-refractivity contribution in [3.8, 4) is 11.8 Å². The van der Waals surface area contributed by atoms with Gasteiger partial charge in [-0.2, -0.15) is 5.26 Å². The van der Waals surface area contributed by atoms with Crippen molar-refractivity contribution in [2.75, 3.05) is 6.61 Å². The molecule has 1 saturated carbocycles. The summed E-state index contributed by atoms with van der Waals surface area (Å²) in [6.07, 6.45) is 4.23.